The second-order valence-corrected chi connectivity index (χ2v) is 4.05. The van der Waals surface area contributed by atoms with Crippen LogP contribution in [0.25, 0.3) is 0 Å². The first-order valence-corrected chi connectivity index (χ1v) is 6.13. The molecule has 0 fully saturated rings. The molecule has 5 heteroatoms. The van der Waals surface area contributed by atoms with Gasteiger partial charge in [-0.3, -0.25) is 0 Å². The van der Waals surface area contributed by atoms with Crippen molar-refractivity contribution in [3.05, 3.63) is 41.7 Å². The minimum atomic E-state index is 0.325. The Labute approximate surface area is 112 Å². The number of anilines is 1. The molecule has 5 nitrogen and oxygen atoms in total. The molecule has 0 radical (unpaired) electrons. The molecule has 0 aliphatic heterocycles. The van der Waals surface area contributed by atoms with Crippen LogP contribution in [-0.4, -0.2) is 16.6 Å². The van der Waals surface area contributed by atoms with Crippen LogP contribution in [-0.2, 0) is 11.3 Å². The van der Waals surface area contributed by atoms with Gasteiger partial charge in [0.1, 0.15) is 18.2 Å². The molecule has 0 saturated carbocycles. The van der Waals surface area contributed by atoms with Crippen LogP contribution < -0.4 is 10.5 Å². The molecule has 1 aromatic heterocycles. The van der Waals surface area contributed by atoms with Crippen molar-refractivity contribution in [2.24, 2.45) is 0 Å². The van der Waals surface area contributed by atoms with Gasteiger partial charge in [0.05, 0.1) is 0 Å². The predicted molar refractivity (Wildman–Crippen MR) is 73.0 cm³/mol. The van der Waals surface area contributed by atoms with Gasteiger partial charge in [0.25, 0.3) is 0 Å². The predicted octanol–water partition coefficient (Wildman–Crippen LogP) is 2.70. The normalized spacial score (nSPS) is 10.4. The summed E-state index contributed by atoms with van der Waals surface area (Å²) in [5.41, 5.74) is 6.77. The fourth-order valence-corrected chi connectivity index (χ4v) is 1.59. The van der Waals surface area contributed by atoms with Crippen molar-refractivity contribution in [1.29, 1.82) is 0 Å². The zero-order chi connectivity index (χ0) is 13.7. The van der Waals surface area contributed by atoms with Crippen molar-refractivity contribution in [3.63, 3.8) is 0 Å². The maximum atomic E-state index is 5.74. The number of para-hydroxylation sites is 1. The number of benzene rings is 1. The Balaban J connectivity index is 2.20. The van der Waals surface area contributed by atoms with E-state index in [2.05, 4.69) is 9.97 Å². The van der Waals surface area contributed by atoms with Crippen LogP contribution in [0.3, 0.4) is 0 Å². The molecule has 0 amide bonds. The number of nitrogens with two attached hydrogens (primary N) is 1. The Hall–Kier alpha value is -2.14. The molecular weight excluding hydrogens is 242 g/mol. The molecule has 0 unspecified atom stereocenters. The van der Waals surface area contributed by atoms with E-state index in [1.54, 1.807) is 6.07 Å². The molecule has 2 aromatic rings. The van der Waals surface area contributed by atoms with E-state index < -0.39 is 0 Å². The van der Waals surface area contributed by atoms with Crippen LogP contribution in [0.1, 0.15) is 18.3 Å². The van der Waals surface area contributed by atoms with Gasteiger partial charge in [-0.15, -0.1) is 0 Å². The second kappa shape index (κ2) is 6.15. The lowest BCUT2D eigenvalue weighted by Crippen LogP contribution is -2.03. The zero-order valence-electron chi connectivity index (χ0n) is 11.1. The molecular formula is C14H17N3O2. The fraction of sp³-hybridized carbons (Fsp3) is 0.286. The van der Waals surface area contributed by atoms with Crippen molar-refractivity contribution in [1.82, 2.24) is 9.97 Å². The van der Waals surface area contributed by atoms with Crippen molar-refractivity contribution in [3.8, 4) is 11.6 Å². The van der Waals surface area contributed by atoms with Gasteiger partial charge in [0.2, 0.25) is 5.88 Å². The summed E-state index contributed by atoms with van der Waals surface area (Å²) < 4.78 is 11.0. The van der Waals surface area contributed by atoms with Crippen molar-refractivity contribution in [2.75, 3.05) is 12.3 Å². The minimum absolute atomic E-state index is 0.325. The molecule has 2 rings (SSSR count). The monoisotopic (exact) mass is 259 g/mol. The van der Waals surface area contributed by atoms with Gasteiger partial charge < -0.3 is 15.2 Å². The maximum Gasteiger partial charge on any atom is 0.224 e. The van der Waals surface area contributed by atoms with E-state index in [4.69, 9.17) is 15.2 Å². The molecule has 0 aliphatic rings. The van der Waals surface area contributed by atoms with Crippen LogP contribution >= 0.6 is 0 Å². The van der Waals surface area contributed by atoms with E-state index >= 15 is 0 Å². The Morgan fingerprint density at radius 1 is 1.21 bits per heavy atom. The molecule has 1 heterocycles. The van der Waals surface area contributed by atoms with E-state index in [1.165, 1.54) is 0 Å². The average molecular weight is 259 g/mol. The summed E-state index contributed by atoms with van der Waals surface area (Å²) in [6.45, 7) is 4.82. The molecule has 1 aromatic carbocycles. The van der Waals surface area contributed by atoms with Gasteiger partial charge >= 0.3 is 0 Å². The highest BCUT2D eigenvalue weighted by atomic mass is 16.5. The molecule has 0 aliphatic carbocycles. The maximum absolute atomic E-state index is 5.74. The molecule has 100 valence electrons. The zero-order valence-corrected chi connectivity index (χ0v) is 11.1. The molecule has 0 saturated heterocycles. The van der Waals surface area contributed by atoms with Crippen LogP contribution in [0, 0.1) is 6.92 Å². The molecule has 0 atom stereocenters. The van der Waals surface area contributed by atoms with Gasteiger partial charge in [-0.2, -0.15) is 4.98 Å². The van der Waals surface area contributed by atoms with Crippen molar-refractivity contribution < 1.29 is 9.47 Å². The summed E-state index contributed by atoms with van der Waals surface area (Å²) in [5.74, 6) is 2.07. The van der Waals surface area contributed by atoms with Crippen molar-refractivity contribution >= 4 is 5.82 Å². The minimum Gasteiger partial charge on any atom is -0.439 e. The van der Waals surface area contributed by atoms with Gasteiger partial charge in [-0.25, -0.2) is 4.98 Å². The Morgan fingerprint density at radius 3 is 2.74 bits per heavy atom. The van der Waals surface area contributed by atoms with Gasteiger partial charge in [0, 0.05) is 12.7 Å². The van der Waals surface area contributed by atoms with E-state index in [-0.39, 0.29) is 0 Å². The SMILES string of the molecule is CCOCc1nc(N)cc(Oc2ccccc2C)n1. The Morgan fingerprint density at radius 2 is 2.00 bits per heavy atom. The molecule has 19 heavy (non-hydrogen) atoms. The fourth-order valence-electron chi connectivity index (χ4n) is 1.59. The number of hydrogen-bond donors (Lipinski definition) is 1. The summed E-state index contributed by atoms with van der Waals surface area (Å²) in [4.78, 5) is 8.37. The third-order valence-electron chi connectivity index (χ3n) is 2.51. The number of nitrogen functional groups attached to an aromatic ring is 1. The highest BCUT2D eigenvalue weighted by Crippen LogP contribution is 2.24. The summed E-state index contributed by atoms with van der Waals surface area (Å²) in [6, 6.07) is 9.32. The number of aromatic nitrogens is 2. The molecule has 0 spiro atoms. The standard InChI is InChI=1S/C14H17N3O2/c1-3-18-9-13-16-12(15)8-14(17-13)19-11-7-5-4-6-10(11)2/h4-8H,3,9H2,1-2H3,(H2,15,16,17). The van der Waals surface area contributed by atoms with E-state index in [9.17, 15) is 0 Å². The van der Waals surface area contributed by atoms with Gasteiger partial charge in [-0.1, -0.05) is 18.2 Å². The van der Waals surface area contributed by atoms with Crippen LogP contribution in [0.5, 0.6) is 11.6 Å². The van der Waals surface area contributed by atoms with Gasteiger partial charge in [0.15, 0.2) is 5.82 Å². The third kappa shape index (κ3) is 3.66. The Kier molecular flexibility index (Phi) is 4.30. The Bertz CT molecular complexity index is 558. The number of hydrogen-bond acceptors (Lipinski definition) is 5. The van der Waals surface area contributed by atoms with Gasteiger partial charge in [-0.05, 0) is 25.5 Å². The van der Waals surface area contributed by atoms with Crippen LogP contribution in [0.4, 0.5) is 5.82 Å². The molecule has 2 N–H and O–H groups in total. The van der Waals surface area contributed by atoms with E-state index in [1.807, 2.05) is 38.1 Å². The summed E-state index contributed by atoms with van der Waals surface area (Å²) >= 11 is 0. The first-order valence-electron chi connectivity index (χ1n) is 6.13. The van der Waals surface area contributed by atoms with Crippen LogP contribution in [0.2, 0.25) is 0 Å². The highest BCUT2D eigenvalue weighted by Gasteiger charge is 2.06. The van der Waals surface area contributed by atoms with E-state index in [0.29, 0.717) is 30.7 Å². The number of ether oxygens (including phenoxy) is 2. The molecule has 0 bridgehead atoms. The summed E-state index contributed by atoms with van der Waals surface area (Å²) in [6.07, 6.45) is 0. The quantitative estimate of drug-likeness (QED) is 0.894. The lowest BCUT2D eigenvalue weighted by Gasteiger charge is -2.09. The van der Waals surface area contributed by atoms with Crippen LogP contribution in [0.15, 0.2) is 30.3 Å². The number of nitrogens with zero attached hydrogens (tertiary/aromatic N) is 2. The average Bonchev–Trinajstić information content (AvgIpc) is 2.38. The summed E-state index contributed by atoms with van der Waals surface area (Å²) in [5, 5.41) is 0. The smallest absolute Gasteiger partial charge is 0.224 e. The van der Waals surface area contributed by atoms with E-state index in [0.717, 1.165) is 11.3 Å². The highest BCUT2D eigenvalue weighted by molar-refractivity contribution is 5.38. The number of rotatable bonds is 5. The first kappa shape index (κ1) is 13.3. The second-order valence-electron chi connectivity index (χ2n) is 4.05. The lowest BCUT2D eigenvalue weighted by atomic mass is 10.2. The summed E-state index contributed by atoms with van der Waals surface area (Å²) in [7, 11) is 0. The largest absolute Gasteiger partial charge is 0.439 e. The topological polar surface area (TPSA) is 70.3 Å². The first-order chi connectivity index (χ1) is 9.19. The number of aryl methyl sites for hydroxylation is 1. The van der Waals surface area contributed by atoms with Crippen molar-refractivity contribution in [2.45, 2.75) is 20.5 Å². The lowest BCUT2D eigenvalue weighted by molar-refractivity contribution is 0.128. The third-order valence-corrected chi connectivity index (χ3v) is 2.51.